The molecule has 3 nitrogen and oxygen atoms in total. The third-order valence-electron chi connectivity index (χ3n) is 5.01. The number of rotatable bonds is 4. The van der Waals surface area contributed by atoms with Gasteiger partial charge in [-0.2, -0.15) is 0 Å². The van der Waals surface area contributed by atoms with Gasteiger partial charge in [-0.05, 0) is 64.0 Å². The molecule has 3 heteroatoms. The van der Waals surface area contributed by atoms with E-state index < -0.39 is 0 Å². The Morgan fingerprint density at radius 2 is 1.80 bits per heavy atom. The molecule has 110 valence electrons. The highest BCUT2D eigenvalue weighted by Crippen LogP contribution is 2.26. The average Bonchev–Trinajstić information content (AvgIpc) is 3.17. The van der Waals surface area contributed by atoms with Gasteiger partial charge >= 0.3 is 0 Å². The van der Waals surface area contributed by atoms with E-state index in [0.29, 0.717) is 6.04 Å². The summed E-state index contributed by atoms with van der Waals surface area (Å²) in [6, 6.07) is 10.3. The normalized spacial score (nSPS) is 25.3. The summed E-state index contributed by atoms with van der Waals surface area (Å²) < 4.78 is 0. The van der Waals surface area contributed by atoms with E-state index in [1.54, 1.807) is 0 Å². The van der Waals surface area contributed by atoms with Gasteiger partial charge in [0.05, 0.1) is 0 Å². The number of benzene rings is 1. The van der Waals surface area contributed by atoms with Crippen LogP contribution in [-0.4, -0.2) is 44.2 Å². The van der Waals surface area contributed by atoms with Gasteiger partial charge in [-0.1, -0.05) is 12.1 Å². The fourth-order valence-corrected chi connectivity index (χ4v) is 3.52. The lowest BCUT2D eigenvalue weighted by atomic mass is 10.1. The smallest absolute Gasteiger partial charge is 0.0366 e. The summed E-state index contributed by atoms with van der Waals surface area (Å²) >= 11 is 0. The molecule has 0 saturated carbocycles. The van der Waals surface area contributed by atoms with Crippen molar-refractivity contribution in [3.8, 4) is 0 Å². The van der Waals surface area contributed by atoms with Crippen LogP contribution in [0.5, 0.6) is 0 Å². The number of hydrogen-bond acceptors (Lipinski definition) is 3. The molecule has 2 atom stereocenters. The molecule has 20 heavy (non-hydrogen) atoms. The number of nitrogens with one attached hydrogen (secondary N) is 1. The van der Waals surface area contributed by atoms with Gasteiger partial charge in [0.25, 0.3) is 0 Å². The second kappa shape index (κ2) is 6.15. The second-order valence-electron chi connectivity index (χ2n) is 6.23. The molecule has 0 spiro atoms. The van der Waals surface area contributed by atoms with E-state index in [4.69, 9.17) is 0 Å². The molecule has 2 fully saturated rings. The summed E-state index contributed by atoms with van der Waals surface area (Å²) in [7, 11) is 2.01. The average molecular weight is 273 g/mol. The first kappa shape index (κ1) is 13.9. The van der Waals surface area contributed by atoms with Crippen molar-refractivity contribution in [3.63, 3.8) is 0 Å². The summed E-state index contributed by atoms with van der Waals surface area (Å²) in [4.78, 5) is 5.24. The minimum absolute atomic E-state index is 0.431. The maximum Gasteiger partial charge on any atom is 0.0366 e. The molecule has 2 saturated heterocycles. The Morgan fingerprint density at radius 1 is 1.10 bits per heavy atom. The van der Waals surface area contributed by atoms with Crippen LogP contribution in [0.25, 0.3) is 0 Å². The van der Waals surface area contributed by atoms with Crippen molar-refractivity contribution in [1.82, 2.24) is 10.2 Å². The van der Waals surface area contributed by atoms with Crippen molar-refractivity contribution in [2.75, 3.05) is 38.1 Å². The fourth-order valence-electron chi connectivity index (χ4n) is 3.52. The van der Waals surface area contributed by atoms with Crippen molar-refractivity contribution in [1.29, 1.82) is 0 Å². The number of anilines is 1. The first-order valence-corrected chi connectivity index (χ1v) is 8.04. The maximum atomic E-state index is 3.29. The Balaban J connectivity index is 1.62. The van der Waals surface area contributed by atoms with E-state index in [1.165, 1.54) is 56.7 Å². The molecule has 1 N–H and O–H groups in total. The van der Waals surface area contributed by atoms with E-state index in [2.05, 4.69) is 46.3 Å². The van der Waals surface area contributed by atoms with Crippen molar-refractivity contribution >= 4 is 5.69 Å². The number of hydrogen-bond donors (Lipinski definition) is 1. The monoisotopic (exact) mass is 273 g/mol. The third kappa shape index (κ3) is 2.84. The third-order valence-corrected chi connectivity index (χ3v) is 5.01. The molecule has 1 aromatic carbocycles. The molecule has 2 aliphatic heterocycles. The quantitative estimate of drug-likeness (QED) is 0.910. The summed E-state index contributed by atoms with van der Waals surface area (Å²) in [6.45, 7) is 7.26. The topological polar surface area (TPSA) is 18.5 Å². The van der Waals surface area contributed by atoms with Crippen molar-refractivity contribution in [3.05, 3.63) is 29.8 Å². The lowest BCUT2D eigenvalue weighted by molar-refractivity contribution is 0.260. The van der Waals surface area contributed by atoms with Gasteiger partial charge in [-0.25, -0.2) is 0 Å². The Morgan fingerprint density at radius 3 is 2.45 bits per heavy atom. The molecular formula is C17H27N3. The van der Waals surface area contributed by atoms with E-state index >= 15 is 0 Å². The summed E-state index contributed by atoms with van der Waals surface area (Å²) in [5, 5.41) is 3.29. The molecule has 2 heterocycles. The Hall–Kier alpha value is -1.06. The molecule has 3 rings (SSSR count). The largest absolute Gasteiger partial charge is 0.370 e. The zero-order chi connectivity index (χ0) is 13.9. The van der Waals surface area contributed by atoms with Gasteiger partial charge in [0.2, 0.25) is 0 Å². The van der Waals surface area contributed by atoms with Crippen LogP contribution in [0.15, 0.2) is 24.3 Å². The molecule has 2 aliphatic rings. The van der Waals surface area contributed by atoms with E-state index in [9.17, 15) is 0 Å². The Kier molecular flexibility index (Phi) is 4.27. The van der Waals surface area contributed by atoms with Crippen LogP contribution in [0.4, 0.5) is 5.69 Å². The summed E-state index contributed by atoms with van der Waals surface area (Å²) in [5.41, 5.74) is 2.75. The summed E-state index contributed by atoms with van der Waals surface area (Å²) in [6.07, 6.45) is 4.12. The maximum absolute atomic E-state index is 3.29. The molecule has 0 amide bonds. The highest BCUT2D eigenvalue weighted by atomic mass is 15.3. The number of likely N-dealkylation sites (tertiary alicyclic amines) is 1. The molecule has 0 radical (unpaired) electrons. The zero-order valence-electron chi connectivity index (χ0n) is 12.8. The molecule has 0 aromatic heterocycles. The van der Waals surface area contributed by atoms with Crippen LogP contribution in [-0.2, 0) is 0 Å². The van der Waals surface area contributed by atoms with Crippen molar-refractivity contribution in [2.24, 2.45) is 0 Å². The lowest BCUT2D eigenvalue weighted by Gasteiger charge is -2.24. The van der Waals surface area contributed by atoms with Crippen molar-refractivity contribution < 1.29 is 0 Å². The first-order valence-electron chi connectivity index (χ1n) is 8.04. The van der Waals surface area contributed by atoms with Crippen molar-refractivity contribution in [2.45, 2.75) is 38.3 Å². The van der Waals surface area contributed by atoms with Crippen LogP contribution < -0.4 is 10.2 Å². The van der Waals surface area contributed by atoms with Gasteiger partial charge < -0.3 is 10.2 Å². The Bertz CT molecular complexity index is 422. The van der Waals surface area contributed by atoms with Gasteiger partial charge in [-0.15, -0.1) is 0 Å². The number of nitrogens with zero attached hydrogens (tertiary/aromatic N) is 2. The zero-order valence-corrected chi connectivity index (χ0v) is 12.8. The molecular weight excluding hydrogens is 246 g/mol. The SMILES string of the molecule is CNC(C)c1ccc(N2CCC(N3CCCC3)C2)cc1. The minimum Gasteiger partial charge on any atom is -0.370 e. The van der Waals surface area contributed by atoms with Gasteiger partial charge in [-0.3, -0.25) is 4.90 Å². The van der Waals surface area contributed by atoms with Crippen LogP contribution >= 0.6 is 0 Å². The molecule has 0 bridgehead atoms. The van der Waals surface area contributed by atoms with Crippen LogP contribution in [0.3, 0.4) is 0 Å². The summed E-state index contributed by atoms with van der Waals surface area (Å²) in [5.74, 6) is 0. The Labute approximate surface area is 123 Å². The molecule has 1 aromatic rings. The standard InChI is InChI=1S/C17H27N3/c1-14(18-2)15-5-7-16(8-6-15)20-12-9-17(13-20)19-10-3-4-11-19/h5-8,14,17-18H,3-4,9-13H2,1-2H3. The minimum atomic E-state index is 0.431. The van der Waals surface area contributed by atoms with Gasteiger partial charge in [0.1, 0.15) is 0 Å². The van der Waals surface area contributed by atoms with Gasteiger partial charge in [0.15, 0.2) is 0 Å². The highest BCUT2D eigenvalue weighted by Gasteiger charge is 2.29. The van der Waals surface area contributed by atoms with Crippen LogP contribution in [0.2, 0.25) is 0 Å². The van der Waals surface area contributed by atoms with E-state index in [1.807, 2.05) is 7.05 Å². The van der Waals surface area contributed by atoms with E-state index in [0.717, 1.165) is 6.04 Å². The van der Waals surface area contributed by atoms with Crippen LogP contribution in [0.1, 0.15) is 37.8 Å². The van der Waals surface area contributed by atoms with Gasteiger partial charge in [0, 0.05) is 30.9 Å². The fraction of sp³-hybridized carbons (Fsp3) is 0.647. The first-order chi connectivity index (χ1) is 9.78. The predicted octanol–water partition coefficient (Wildman–Crippen LogP) is 2.64. The predicted molar refractivity (Wildman–Crippen MR) is 85.3 cm³/mol. The highest BCUT2D eigenvalue weighted by molar-refractivity contribution is 5.49. The molecule has 2 unspecified atom stereocenters. The molecule has 0 aliphatic carbocycles. The van der Waals surface area contributed by atoms with Crippen LogP contribution in [0, 0.1) is 0 Å². The van der Waals surface area contributed by atoms with E-state index in [-0.39, 0.29) is 0 Å². The second-order valence-corrected chi connectivity index (χ2v) is 6.23. The lowest BCUT2D eigenvalue weighted by Crippen LogP contribution is -2.35.